The Morgan fingerprint density at radius 3 is 2.35 bits per heavy atom. The van der Waals surface area contributed by atoms with Gasteiger partial charge in [0, 0.05) is 12.1 Å². The average Bonchev–Trinajstić information content (AvgIpc) is 2.42. The third kappa shape index (κ3) is 4.54. The Morgan fingerprint density at radius 2 is 1.81 bits per heavy atom. The lowest BCUT2D eigenvalue weighted by Gasteiger charge is -2.31. The Morgan fingerprint density at radius 1 is 1.19 bits per heavy atom. The normalized spacial score (nSPS) is 15.4. The fourth-order valence-corrected chi connectivity index (χ4v) is 2.66. The highest BCUT2D eigenvalue weighted by atomic mass is 32.2. The molecule has 0 saturated heterocycles. The first-order chi connectivity index (χ1) is 11.7. The number of alkyl halides is 3. The molecule has 0 N–H and O–H groups in total. The van der Waals surface area contributed by atoms with Crippen molar-refractivity contribution in [2.24, 2.45) is 0 Å². The zero-order valence-electron chi connectivity index (χ0n) is 14.5. The van der Waals surface area contributed by atoms with Crippen LogP contribution < -0.4 is 4.18 Å². The number of hydrogen-bond donors (Lipinski definition) is 0. The molecule has 146 valence electrons. The smallest absolute Gasteiger partial charge is 0.444 e. The molecule has 2 rings (SSSR count). The largest absolute Gasteiger partial charge is 0.534 e. The van der Waals surface area contributed by atoms with E-state index >= 15 is 0 Å². The molecule has 0 atom stereocenters. The number of ether oxygens (including phenoxy) is 1. The first kappa shape index (κ1) is 20.2. The van der Waals surface area contributed by atoms with E-state index in [2.05, 4.69) is 14.2 Å². The van der Waals surface area contributed by atoms with E-state index in [1.165, 1.54) is 11.8 Å². The third-order valence-electron chi connectivity index (χ3n) is 3.26. The average molecular weight is 397 g/mol. The summed E-state index contributed by atoms with van der Waals surface area (Å²) in [5.74, 6) is -0.657. The van der Waals surface area contributed by atoms with Crippen LogP contribution in [-0.2, 0) is 27.8 Å². The summed E-state index contributed by atoms with van der Waals surface area (Å²) in [6, 6.07) is 0. The molecule has 0 saturated carbocycles. The molecule has 1 aromatic heterocycles. The van der Waals surface area contributed by atoms with Crippen molar-refractivity contribution in [3.63, 3.8) is 0 Å². The number of nitrogens with zero attached hydrogens (tertiary/aromatic N) is 3. The van der Waals surface area contributed by atoms with Crippen LogP contribution in [-0.4, -0.2) is 47.0 Å². The third-order valence-corrected chi connectivity index (χ3v) is 4.21. The van der Waals surface area contributed by atoms with E-state index in [0.717, 1.165) is 0 Å². The van der Waals surface area contributed by atoms with Gasteiger partial charge in [-0.15, -0.1) is 0 Å². The molecular formula is C14H18F3N3O5S. The molecular weight excluding hydrogens is 379 g/mol. The van der Waals surface area contributed by atoms with Gasteiger partial charge in [-0.05, 0) is 34.1 Å². The van der Waals surface area contributed by atoms with Crippen LogP contribution in [0.15, 0.2) is 0 Å². The second-order valence-electron chi connectivity index (χ2n) is 6.64. The summed E-state index contributed by atoms with van der Waals surface area (Å²) in [6.07, 6.45) is -0.581. The summed E-state index contributed by atoms with van der Waals surface area (Å²) in [6.45, 7) is 6.50. The van der Waals surface area contributed by atoms with Crippen molar-refractivity contribution in [2.75, 3.05) is 6.54 Å². The van der Waals surface area contributed by atoms with Crippen LogP contribution in [0.25, 0.3) is 0 Å². The van der Waals surface area contributed by atoms with E-state index in [1.807, 2.05) is 0 Å². The predicted molar refractivity (Wildman–Crippen MR) is 82.7 cm³/mol. The molecule has 8 nitrogen and oxygen atoms in total. The Bertz CT molecular complexity index is 818. The molecule has 1 aliphatic heterocycles. The number of hydrogen-bond acceptors (Lipinski definition) is 7. The predicted octanol–water partition coefficient (Wildman–Crippen LogP) is 2.31. The van der Waals surface area contributed by atoms with Gasteiger partial charge in [0.05, 0.1) is 12.2 Å². The Balaban J connectivity index is 2.30. The number of aromatic nitrogens is 2. The second-order valence-corrected chi connectivity index (χ2v) is 8.17. The van der Waals surface area contributed by atoms with Gasteiger partial charge in [-0.25, -0.2) is 9.78 Å². The van der Waals surface area contributed by atoms with E-state index in [-0.39, 0.29) is 36.6 Å². The molecule has 1 aliphatic rings. The molecule has 1 amide bonds. The molecule has 1 aromatic rings. The molecule has 0 aliphatic carbocycles. The van der Waals surface area contributed by atoms with Crippen LogP contribution >= 0.6 is 0 Å². The number of amides is 1. The standard InChI is InChI=1S/C14H18F3N3O5S/c1-8-18-10-7-20(12(21)24-13(2,3)4)6-5-9(10)11(19-8)25-26(22,23)14(15,16)17/h5-7H2,1-4H3. The van der Waals surface area contributed by atoms with Gasteiger partial charge in [0.15, 0.2) is 0 Å². The van der Waals surface area contributed by atoms with Gasteiger partial charge < -0.3 is 13.8 Å². The first-order valence-corrected chi connectivity index (χ1v) is 8.95. The fourth-order valence-electron chi connectivity index (χ4n) is 2.22. The fraction of sp³-hybridized carbons (Fsp3) is 0.643. The van der Waals surface area contributed by atoms with Crippen molar-refractivity contribution >= 4 is 16.2 Å². The number of rotatable bonds is 2. The van der Waals surface area contributed by atoms with Crippen molar-refractivity contribution in [2.45, 2.75) is 51.8 Å². The lowest BCUT2D eigenvalue weighted by Crippen LogP contribution is -2.40. The molecule has 0 radical (unpaired) electrons. The van der Waals surface area contributed by atoms with Gasteiger partial charge in [-0.3, -0.25) is 0 Å². The Labute approximate surface area is 148 Å². The van der Waals surface area contributed by atoms with Crippen LogP contribution in [0.2, 0.25) is 0 Å². The molecule has 0 aromatic carbocycles. The Hall–Kier alpha value is -2.11. The van der Waals surface area contributed by atoms with Crippen molar-refractivity contribution < 1.29 is 35.3 Å². The summed E-state index contributed by atoms with van der Waals surface area (Å²) in [5, 5.41) is 0. The molecule has 0 spiro atoms. The van der Waals surface area contributed by atoms with Crippen molar-refractivity contribution in [1.29, 1.82) is 0 Å². The molecule has 0 bridgehead atoms. The molecule has 12 heteroatoms. The minimum Gasteiger partial charge on any atom is -0.444 e. The van der Waals surface area contributed by atoms with E-state index in [1.54, 1.807) is 20.8 Å². The number of carbonyl (C=O) groups is 1. The van der Waals surface area contributed by atoms with Gasteiger partial charge in [-0.2, -0.15) is 26.6 Å². The maximum absolute atomic E-state index is 12.6. The monoisotopic (exact) mass is 397 g/mol. The van der Waals surface area contributed by atoms with Gasteiger partial charge >= 0.3 is 21.7 Å². The molecule has 0 unspecified atom stereocenters. The van der Waals surface area contributed by atoms with Gasteiger partial charge in [0.1, 0.15) is 11.4 Å². The SMILES string of the molecule is Cc1nc2c(c(OS(=O)(=O)C(F)(F)F)n1)CCN(C(=O)OC(C)(C)C)C2. The topological polar surface area (TPSA) is 98.7 Å². The Kier molecular flexibility index (Phi) is 5.10. The van der Waals surface area contributed by atoms with Crippen LogP contribution in [0.3, 0.4) is 0 Å². The summed E-state index contributed by atoms with van der Waals surface area (Å²) < 4.78 is 69.6. The zero-order valence-corrected chi connectivity index (χ0v) is 15.4. The second kappa shape index (κ2) is 6.56. The van der Waals surface area contributed by atoms with Gasteiger partial charge in [0.2, 0.25) is 5.88 Å². The van der Waals surface area contributed by atoms with Crippen LogP contribution in [0, 0.1) is 6.92 Å². The van der Waals surface area contributed by atoms with Crippen LogP contribution in [0.4, 0.5) is 18.0 Å². The highest BCUT2D eigenvalue weighted by molar-refractivity contribution is 7.87. The summed E-state index contributed by atoms with van der Waals surface area (Å²) in [7, 11) is -5.85. The quantitative estimate of drug-likeness (QED) is 0.558. The maximum atomic E-state index is 12.6. The van der Waals surface area contributed by atoms with E-state index < -0.39 is 33.2 Å². The summed E-state index contributed by atoms with van der Waals surface area (Å²) >= 11 is 0. The number of halogens is 3. The minimum absolute atomic E-state index is 0.0159. The van der Waals surface area contributed by atoms with E-state index in [4.69, 9.17) is 4.74 Å². The first-order valence-electron chi connectivity index (χ1n) is 7.55. The molecule has 2 heterocycles. The lowest BCUT2D eigenvalue weighted by molar-refractivity contribution is -0.0501. The lowest BCUT2D eigenvalue weighted by atomic mass is 10.1. The highest BCUT2D eigenvalue weighted by Crippen LogP contribution is 2.31. The summed E-state index contributed by atoms with van der Waals surface area (Å²) in [5.41, 5.74) is -5.96. The van der Waals surface area contributed by atoms with Gasteiger partial charge in [0.25, 0.3) is 0 Å². The maximum Gasteiger partial charge on any atom is 0.534 e. The zero-order chi connectivity index (χ0) is 19.9. The number of carbonyl (C=O) groups excluding carboxylic acids is 1. The van der Waals surface area contributed by atoms with Crippen molar-refractivity contribution in [1.82, 2.24) is 14.9 Å². The number of fused-ring (bicyclic) bond motifs is 1. The molecule has 26 heavy (non-hydrogen) atoms. The van der Waals surface area contributed by atoms with Crippen molar-refractivity contribution in [3.05, 3.63) is 17.1 Å². The minimum atomic E-state index is -5.85. The van der Waals surface area contributed by atoms with Crippen molar-refractivity contribution in [3.8, 4) is 5.88 Å². The highest BCUT2D eigenvalue weighted by Gasteiger charge is 2.49. The van der Waals surface area contributed by atoms with E-state index in [9.17, 15) is 26.4 Å². The van der Waals surface area contributed by atoms with Crippen LogP contribution in [0.5, 0.6) is 5.88 Å². The summed E-state index contributed by atoms with van der Waals surface area (Å²) in [4.78, 5) is 21.2. The van der Waals surface area contributed by atoms with E-state index in [0.29, 0.717) is 0 Å². The van der Waals surface area contributed by atoms with Crippen LogP contribution in [0.1, 0.15) is 37.9 Å². The number of aryl methyl sites for hydroxylation is 1. The molecule has 0 fully saturated rings. The van der Waals surface area contributed by atoms with Gasteiger partial charge in [-0.1, -0.05) is 0 Å².